The van der Waals surface area contributed by atoms with Crippen LogP contribution >= 0.6 is 12.2 Å². The van der Waals surface area contributed by atoms with E-state index in [2.05, 4.69) is 49.6 Å². The number of thiocarbonyl (C=S) groups is 1. The van der Waals surface area contributed by atoms with E-state index in [4.69, 9.17) is 12.2 Å². The molecule has 1 aliphatic rings. The zero-order valence-corrected chi connectivity index (χ0v) is 18.0. The first-order chi connectivity index (χ1) is 13.4. The molecule has 5 heteroatoms. The van der Waals surface area contributed by atoms with Crippen LogP contribution < -0.4 is 15.5 Å². The van der Waals surface area contributed by atoms with Crippen LogP contribution in [0.2, 0.25) is 0 Å². The number of amides is 1. The molecular weight excluding hydrogens is 366 g/mol. The van der Waals surface area contributed by atoms with Crippen LogP contribution in [-0.4, -0.2) is 17.6 Å². The summed E-state index contributed by atoms with van der Waals surface area (Å²) >= 11 is 5.55. The molecule has 0 spiro atoms. The third-order valence-electron chi connectivity index (χ3n) is 5.47. The van der Waals surface area contributed by atoms with Crippen LogP contribution in [0, 0.1) is 20.8 Å². The fourth-order valence-electron chi connectivity index (χ4n) is 3.67. The zero-order chi connectivity index (χ0) is 20.3. The Morgan fingerprint density at radius 2 is 1.89 bits per heavy atom. The normalized spacial score (nSPS) is 14.9. The smallest absolute Gasteiger partial charge is 0.227 e. The van der Waals surface area contributed by atoms with Crippen molar-refractivity contribution in [3.8, 4) is 0 Å². The molecule has 148 valence electrons. The summed E-state index contributed by atoms with van der Waals surface area (Å²) in [5.74, 6) is 0.208. The minimum absolute atomic E-state index is 0.168. The highest BCUT2D eigenvalue weighted by Crippen LogP contribution is 2.27. The molecule has 1 aliphatic heterocycles. The number of hydrogen-bond donors (Lipinski definition) is 2. The van der Waals surface area contributed by atoms with E-state index < -0.39 is 0 Å². The molecule has 0 saturated carbocycles. The molecule has 0 aliphatic carbocycles. The van der Waals surface area contributed by atoms with Gasteiger partial charge in [0.2, 0.25) is 5.91 Å². The Labute approximate surface area is 173 Å². The van der Waals surface area contributed by atoms with Crippen molar-refractivity contribution in [1.29, 1.82) is 0 Å². The summed E-state index contributed by atoms with van der Waals surface area (Å²) in [5.41, 5.74) is 6.83. The lowest BCUT2D eigenvalue weighted by Gasteiger charge is -2.22. The molecule has 3 rings (SSSR count). The average molecular weight is 396 g/mol. The van der Waals surface area contributed by atoms with Gasteiger partial charge in [0.15, 0.2) is 5.11 Å². The molecule has 1 saturated heterocycles. The lowest BCUT2D eigenvalue weighted by Crippen LogP contribution is -2.32. The zero-order valence-electron chi connectivity index (χ0n) is 17.1. The second-order valence-electron chi connectivity index (χ2n) is 7.55. The van der Waals surface area contributed by atoms with E-state index in [1.807, 2.05) is 30.0 Å². The summed E-state index contributed by atoms with van der Waals surface area (Å²) in [6, 6.07) is 12.8. The Kier molecular flexibility index (Phi) is 6.35. The van der Waals surface area contributed by atoms with E-state index in [0.29, 0.717) is 11.5 Å². The van der Waals surface area contributed by atoms with Gasteiger partial charge in [0.05, 0.1) is 6.04 Å². The van der Waals surface area contributed by atoms with Crippen molar-refractivity contribution in [3.05, 3.63) is 58.7 Å². The molecule has 0 bridgehead atoms. The van der Waals surface area contributed by atoms with E-state index >= 15 is 0 Å². The topological polar surface area (TPSA) is 44.4 Å². The van der Waals surface area contributed by atoms with Crippen molar-refractivity contribution >= 4 is 34.6 Å². The summed E-state index contributed by atoms with van der Waals surface area (Å²) in [4.78, 5) is 13.9. The first-order valence-corrected chi connectivity index (χ1v) is 10.4. The van der Waals surface area contributed by atoms with Gasteiger partial charge in [-0.1, -0.05) is 25.1 Å². The van der Waals surface area contributed by atoms with Gasteiger partial charge in [-0.15, -0.1) is 0 Å². The van der Waals surface area contributed by atoms with Crippen molar-refractivity contribution < 1.29 is 4.79 Å². The molecular formula is C23H29N3OS. The maximum atomic E-state index is 12.0. The lowest BCUT2D eigenvalue weighted by molar-refractivity contribution is -0.117. The number of anilines is 2. The third kappa shape index (κ3) is 4.53. The number of rotatable bonds is 5. The monoisotopic (exact) mass is 395 g/mol. The van der Waals surface area contributed by atoms with Gasteiger partial charge in [0, 0.05) is 24.3 Å². The Balaban J connectivity index is 1.67. The summed E-state index contributed by atoms with van der Waals surface area (Å²) in [7, 11) is 0. The Hall–Kier alpha value is -2.40. The quantitative estimate of drug-likeness (QED) is 0.685. The van der Waals surface area contributed by atoms with Crippen LogP contribution in [0.15, 0.2) is 36.4 Å². The average Bonchev–Trinajstić information content (AvgIpc) is 3.08. The van der Waals surface area contributed by atoms with Crippen LogP contribution in [0.3, 0.4) is 0 Å². The van der Waals surface area contributed by atoms with Gasteiger partial charge < -0.3 is 15.5 Å². The second kappa shape index (κ2) is 8.74. The van der Waals surface area contributed by atoms with Crippen molar-refractivity contribution in [2.24, 2.45) is 0 Å². The number of hydrogen-bond acceptors (Lipinski definition) is 2. The number of nitrogens with one attached hydrogen (secondary N) is 2. The van der Waals surface area contributed by atoms with Crippen LogP contribution in [0.25, 0.3) is 0 Å². The van der Waals surface area contributed by atoms with Crippen molar-refractivity contribution in [3.63, 3.8) is 0 Å². The van der Waals surface area contributed by atoms with Crippen LogP contribution in [-0.2, 0) is 4.79 Å². The van der Waals surface area contributed by atoms with Crippen molar-refractivity contribution in [1.82, 2.24) is 5.32 Å². The lowest BCUT2D eigenvalue weighted by atomic mass is 9.99. The molecule has 0 aromatic heterocycles. The van der Waals surface area contributed by atoms with Gasteiger partial charge >= 0.3 is 0 Å². The molecule has 0 radical (unpaired) electrons. The van der Waals surface area contributed by atoms with Gasteiger partial charge in [0.1, 0.15) is 0 Å². The highest BCUT2D eigenvalue weighted by Gasteiger charge is 2.23. The van der Waals surface area contributed by atoms with Gasteiger partial charge in [-0.2, -0.15) is 0 Å². The number of aryl methyl sites for hydroxylation is 3. The molecule has 1 atom stereocenters. The number of carbonyl (C=O) groups is 1. The molecule has 0 unspecified atom stereocenters. The number of carbonyl (C=O) groups excluding carboxylic acids is 1. The number of nitrogens with zero attached hydrogens (tertiary/aromatic N) is 1. The van der Waals surface area contributed by atoms with E-state index in [-0.39, 0.29) is 11.9 Å². The van der Waals surface area contributed by atoms with Gasteiger partial charge in [-0.05, 0) is 86.3 Å². The molecule has 4 nitrogen and oxygen atoms in total. The highest BCUT2D eigenvalue weighted by atomic mass is 32.1. The van der Waals surface area contributed by atoms with Gasteiger partial charge in [0.25, 0.3) is 0 Å². The molecule has 1 amide bonds. The van der Waals surface area contributed by atoms with Crippen LogP contribution in [0.1, 0.15) is 54.5 Å². The summed E-state index contributed by atoms with van der Waals surface area (Å²) in [6.45, 7) is 9.26. The second-order valence-corrected chi connectivity index (χ2v) is 7.96. The molecule has 2 N–H and O–H groups in total. The fourth-order valence-corrected chi connectivity index (χ4v) is 3.93. The predicted molar refractivity (Wildman–Crippen MR) is 121 cm³/mol. The SMILES string of the molecule is CC[C@H](NC(=S)Nc1ccc(N2CCCC2=O)c(C)c1)c1ccc(C)c(C)c1. The standard InChI is InChI=1S/C23H29N3OS/c1-5-20(18-9-8-15(2)16(3)13-18)25-23(28)24-19-10-11-21(17(4)14-19)26-12-6-7-22(26)27/h8-11,13-14,20H,5-7,12H2,1-4H3,(H2,24,25,28)/t20-/m0/s1. The minimum Gasteiger partial charge on any atom is -0.356 e. The Morgan fingerprint density at radius 3 is 2.50 bits per heavy atom. The number of benzene rings is 2. The van der Waals surface area contributed by atoms with E-state index in [0.717, 1.165) is 36.3 Å². The largest absolute Gasteiger partial charge is 0.356 e. The predicted octanol–water partition coefficient (Wildman–Crippen LogP) is 5.18. The Morgan fingerprint density at radius 1 is 1.11 bits per heavy atom. The highest BCUT2D eigenvalue weighted by molar-refractivity contribution is 7.80. The molecule has 1 fully saturated rings. The minimum atomic E-state index is 0.168. The van der Waals surface area contributed by atoms with Crippen molar-refractivity contribution in [2.75, 3.05) is 16.8 Å². The van der Waals surface area contributed by atoms with E-state index in [1.54, 1.807) is 0 Å². The van der Waals surface area contributed by atoms with Gasteiger partial charge in [-0.3, -0.25) is 4.79 Å². The maximum absolute atomic E-state index is 12.0. The summed E-state index contributed by atoms with van der Waals surface area (Å²) in [6.07, 6.45) is 2.52. The summed E-state index contributed by atoms with van der Waals surface area (Å²) in [5, 5.41) is 7.33. The molecule has 28 heavy (non-hydrogen) atoms. The first kappa shape index (κ1) is 20.3. The first-order valence-electron chi connectivity index (χ1n) is 9.94. The fraction of sp³-hybridized carbons (Fsp3) is 0.391. The van der Waals surface area contributed by atoms with Crippen LogP contribution in [0.4, 0.5) is 11.4 Å². The molecule has 1 heterocycles. The Bertz CT molecular complexity index is 893. The molecule has 2 aromatic carbocycles. The van der Waals surface area contributed by atoms with E-state index in [1.165, 1.54) is 16.7 Å². The maximum Gasteiger partial charge on any atom is 0.227 e. The van der Waals surface area contributed by atoms with Gasteiger partial charge in [-0.25, -0.2) is 0 Å². The molecule has 2 aromatic rings. The van der Waals surface area contributed by atoms with Crippen molar-refractivity contribution in [2.45, 2.75) is 53.0 Å². The van der Waals surface area contributed by atoms with Crippen LogP contribution in [0.5, 0.6) is 0 Å². The van der Waals surface area contributed by atoms with E-state index in [9.17, 15) is 4.79 Å². The summed E-state index contributed by atoms with van der Waals surface area (Å²) < 4.78 is 0. The third-order valence-corrected chi connectivity index (χ3v) is 5.69.